The van der Waals surface area contributed by atoms with Crippen LogP contribution in [0, 0.1) is 6.92 Å². The fraction of sp³-hybridized carbons (Fsp3) is 0.583. The third-order valence-electron chi connectivity index (χ3n) is 2.96. The van der Waals surface area contributed by atoms with Crippen LogP contribution in [0.2, 0.25) is 0 Å². The van der Waals surface area contributed by atoms with Gasteiger partial charge in [0.2, 0.25) is 5.91 Å². The fourth-order valence-corrected chi connectivity index (χ4v) is 1.66. The molecular weight excluding hydrogens is 234 g/mol. The van der Waals surface area contributed by atoms with Gasteiger partial charge in [-0.3, -0.25) is 14.7 Å². The molecule has 100 valence electrons. The van der Waals surface area contributed by atoms with Gasteiger partial charge in [-0.2, -0.15) is 5.10 Å². The van der Waals surface area contributed by atoms with Crippen molar-refractivity contribution in [2.45, 2.75) is 39.2 Å². The third kappa shape index (κ3) is 3.58. The molecule has 1 amide bonds. The van der Waals surface area contributed by atoms with Gasteiger partial charge < -0.3 is 10.0 Å². The predicted octanol–water partition coefficient (Wildman–Crippen LogP) is 0.972. The first-order valence-electron chi connectivity index (χ1n) is 5.72. The van der Waals surface area contributed by atoms with Gasteiger partial charge in [-0.15, -0.1) is 0 Å². The van der Waals surface area contributed by atoms with E-state index in [1.54, 1.807) is 27.0 Å². The van der Waals surface area contributed by atoms with Gasteiger partial charge in [0.25, 0.3) is 0 Å². The van der Waals surface area contributed by atoms with Gasteiger partial charge >= 0.3 is 5.97 Å². The van der Waals surface area contributed by atoms with Crippen LogP contribution in [0.1, 0.15) is 31.7 Å². The minimum Gasteiger partial charge on any atom is -0.481 e. The highest BCUT2D eigenvalue weighted by molar-refractivity contribution is 5.80. The fourth-order valence-electron chi connectivity index (χ4n) is 1.66. The molecule has 1 heterocycles. The first kappa shape index (κ1) is 14.2. The maximum atomic E-state index is 12.0. The zero-order valence-corrected chi connectivity index (χ0v) is 11.1. The molecule has 6 nitrogen and oxygen atoms in total. The van der Waals surface area contributed by atoms with Crippen LogP contribution in [-0.4, -0.2) is 44.7 Å². The summed E-state index contributed by atoms with van der Waals surface area (Å²) in [6.07, 6.45) is 0.0821. The van der Waals surface area contributed by atoms with Gasteiger partial charge in [0.15, 0.2) is 0 Å². The Kier molecular flexibility index (Phi) is 4.11. The molecule has 0 bridgehead atoms. The van der Waals surface area contributed by atoms with E-state index in [2.05, 4.69) is 10.2 Å². The Labute approximate surface area is 106 Å². The van der Waals surface area contributed by atoms with E-state index in [0.717, 1.165) is 5.69 Å². The Bertz CT molecular complexity index is 451. The SMILES string of the molecule is Cc1cc(CC(=O)N(C)C(C)(C)CC(=O)O)n[nH]1. The number of carboxylic acid groups (broad SMARTS) is 1. The van der Waals surface area contributed by atoms with Gasteiger partial charge in [0.05, 0.1) is 18.5 Å². The molecule has 0 unspecified atom stereocenters. The van der Waals surface area contributed by atoms with Crippen molar-refractivity contribution in [2.75, 3.05) is 7.05 Å². The summed E-state index contributed by atoms with van der Waals surface area (Å²) in [6.45, 7) is 5.32. The average molecular weight is 253 g/mol. The van der Waals surface area contributed by atoms with Gasteiger partial charge in [-0.1, -0.05) is 0 Å². The van der Waals surface area contributed by atoms with Gasteiger partial charge in [-0.05, 0) is 26.8 Å². The summed E-state index contributed by atoms with van der Waals surface area (Å²) >= 11 is 0. The molecule has 1 aromatic rings. The number of carboxylic acids is 1. The first-order chi connectivity index (χ1) is 8.22. The second-order valence-corrected chi connectivity index (χ2v) is 5.05. The predicted molar refractivity (Wildman–Crippen MR) is 66.1 cm³/mol. The number of hydrogen-bond donors (Lipinski definition) is 2. The molecule has 0 aliphatic heterocycles. The lowest BCUT2D eigenvalue weighted by Crippen LogP contribution is -2.47. The Balaban J connectivity index is 2.68. The summed E-state index contributed by atoms with van der Waals surface area (Å²) in [5, 5.41) is 15.6. The Morgan fingerprint density at radius 3 is 2.56 bits per heavy atom. The molecule has 0 spiro atoms. The molecule has 1 rings (SSSR count). The van der Waals surface area contributed by atoms with Gasteiger partial charge in [-0.25, -0.2) is 0 Å². The van der Waals surface area contributed by atoms with E-state index in [1.165, 1.54) is 4.90 Å². The zero-order chi connectivity index (χ0) is 13.9. The number of nitrogens with zero attached hydrogens (tertiary/aromatic N) is 2. The van der Waals surface area contributed by atoms with Crippen LogP contribution in [0.15, 0.2) is 6.07 Å². The van der Waals surface area contributed by atoms with E-state index in [0.29, 0.717) is 5.69 Å². The van der Waals surface area contributed by atoms with E-state index in [-0.39, 0.29) is 18.7 Å². The van der Waals surface area contributed by atoms with Crippen LogP contribution in [0.4, 0.5) is 0 Å². The van der Waals surface area contributed by atoms with Crippen molar-refractivity contribution in [3.05, 3.63) is 17.5 Å². The molecule has 0 saturated heterocycles. The van der Waals surface area contributed by atoms with Gasteiger partial charge in [0.1, 0.15) is 0 Å². The van der Waals surface area contributed by atoms with Crippen molar-refractivity contribution < 1.29 is 14.7 Å². The number of carbonyl (C=O) groups excluding carboxylic acids is 1. The molecule has 0 saturated carbocycles. The summed E-state index contributed by atoms with van der Waals surface area (Å²) in [4.78, 5) is 24.2. The number of carbonyl (C=O) groups is 2. The number of rotatable bonds is 5. The van der Waals surface area contributed by atoms with Crippen LogP contribution in [-0.2, 0) is 16.0 Å². The van der Waals surface area contributed by atoms with E-state index in [1.807, 2.05) is 6.92 Å². The van der Waals surface area contributed by atoms with Crippen molar-refractivity contribution in [3.8, 4) is 0 Å². The standard InChI is InChI=1S/C12H19N3O3/c1-8-5-9(14-13-8)6-10(16)15(4)12(2,3)7-11(17)18/h5H,6-7H2,1-4H3,(H,13,14)(H,17,18). The maximum absolute atomic E-state index is 12.0. The molecule has 0 fully saturated rings. The minimum atomic E-state index is -0.921. The summed E-state index contributed by atoms with van der Waals surface area (Å²) in [6, 6.07) is 1.80. The van der Waals surface area contributed by atoms with E-state index >= 15 is 0 Å². The number of hydrogen-bond acceptors (Lipinski definition) is 3. The number of aromatic nitrogens is 2. The molecular formula is C12H19N3O3. The number of amides is 1. The molecule has 2 N–H and O–H groups in total. The van der Waals surface area contributed by atoms with Crippen molar-refractivity contribution in [3.63, 3.8) is 0 Å². The van der Waals surface area contributed by atoms with E-state index < -0.39 is 11.5 Å². The largest absolute Gasteiger partial charge is 0.481 e. The number of aromatic amines is 1. The number of likely N-dealkylation sites (N-methyl/N-ethyl adjacent to an activating group) is 1. The zero-order valence-electron chi connectivity index (χ0n) is 11.1. The lowest BCUT2D eigenvalue weighted by molar-refractivity contribution is -0.142. The molecule has 0 aliphatic carbocycles. The molecule has 1 aromatic heterocycles. The normalized spacial score (nSPS) is 11.3. The minimum absolute atomic E-state index is 0.0885. The Morgan fingerprint density at radius 1 is 1.50 bits per heavy atom. The molecule has 0 radical (unpaired) electrons. The van der Waals surface area contributed by atoms with Crippen molar-refractivity contribution >= 4 is 11.9 Å². The van der Waals surface area contributed by atoms with Gasteiger partial charge in [0, 0.05) is 18.3 Å². The van der Waals surface area contributed by atoms with Crippen LogP contribution in [0.25, 0.3) is 0 Å². The quantitative estimate of drug-likeness (QED) is 0.818. The number of H-pyrrole nitrogens is 1. The topological polar surface area (TPSA) is 86.3 Å². The van der Waals surface area contributed by atoms with Crippen molar-refractivity contribution in [1.82, 2.24) is 15.1 Å². The second-order valence-electron chi connectivity index (χ2n) is 5.05. The Morgan fingerprint density at radius 2 is 2.11 bits per heavy atom. The highest BCUT2D eigenvalue weighted by Crippen LogP contribution is 2.18. The highest BCUT2D eigenvalue weighted by Gasteiger charge is 2.30. The van der Waals surface area contributed by atoms with Crippen molar-refractivity contribution in [2.24, 2.45) is 0 Å². The molecule has 6 heteroatoms. The average Bonchev–Trinajstić information content (AvgIpc) is 2.60. The molecule has 0 aliphatic rings. The lowest BCUT2D eigenvalue weighted by atomic mass is 9.98. The highest BCUT2D eigenvalue weighted by atomic mass is 16.4. The first-order valence-corrected chi connectivity index (χ1v) is 5.72. The second kappa shape index (κ2) is 5.20. The summed E-state index contributed by atoms with van der Waals surface area (Å²) < 4.78 is 0. The molecule has 0 aromatic carbocycles. The van der Waals surface area contributed by atoms with Crippen LogP contribution < -0.4 is 0 Å². The lowest BCUT2D eigenvalue weighted by Gasteiger charge is -2.34. The molecule has 18 heavy (non-hydrogen) atoms. The Hall–Kier alpha value is -1.85. The monoisotopic (exact) mass is 253 g/mol. The number of aliphatic carboxylic acids is 1. The van der Waals surface area contributed by atoms with Crippen LogP contribution in [0.5, 0.6) is 0 Å². The summed E-state index contributed by atoms with van der Waals surface area (Å²) in [5.74, 6) is -1.07. The smallest absolute Gasteiger partial charge is 0.305 e. The van der Waals surface area contributed by atoms with Crippen LogP contribution in [0.3, 0.4) is 0 Å². The van der Waals surface area contributed by atoms with E-state index in [9.17, 15) is 9.59 Å². The summed E-state index contributed by atoms with van der Waals surface area (Å²) in [5.41, 5.74) is 0.842. The third-order valence-corrected chi connectivity index (χ3v) is 2.96. The summed E-state index contributed by atoms with van der Waals surface area (Å²) in [7, 11) is 1.62. The molecule has 0 atom stereocenters. The van der Waals surface area contributed by atoms with Crippen molar-refractivity contribution in [1.29, 1.82) is 0 Å². The number of aryl methyl sites for hydroxylation is 1. The van der Waals surface area contributed by atoms with Crippen LogP contribution >= 0.6 is 0 Å². The van der Waals surface area contributed by atoms with E-state index in [4.69, 9.17) is 5.11 Å². The number of nitrogens with one attached hydrogen (secondary N) is 1. The maximum Gasteiger partial charge on any atom is 0.305 e.